The van der Waals surface area contributed by atoms with Gasteiger partial charge in [-0.1, -0.05) is 48.6 Å². The molecule has 3 aromatic rings. The van der Waals surface area contributed by atoms with Crippen molar-refractivity contribution >= 4 is 23.6 Å². The number of unbranched alkanes of at least 4 members (excludes halogenated alkanes) is 1. The van der Waals surface area contributed by atoms with E-state index in [-0.39, 0.29) is 42.6 Å². The van der Waals surface area contributed by atoms with Gasteiger partial charge in [0.2, 0.25) is 11.8 Å². The third-order valence-electron chi connectivity index (χ3n) is 9.13. The maximum atomic E-state index is 13.6. The van der Waals surface area contributed by atoms with E-state index in [0.29, 0.717) is 37.1 Å². The van der Waals surface area contributed by atoms with E-state index in [9.17, 15) is 39.5 Å². The van der Waals surface area contributed by atoms with Crippen LogP contribution in [0.5, 0.6) is 5.75 Å². The van der Waals surface area contributed by atoms with Crippen LogP contribution in [-0.4, -0.2) is 99.1 Å². The van der Waals surface area contributed by atoms with Crippen molar-refractivity contribution in [3.63, 3.8) is 0 Å². The number of hydrogen-bond donors (Lipinski definition) is 6. The van der Waals surface area contributed by atoms with Gasteiger partial charge in [-0.2, -0.15) is 0 Å². The van der Waals surface area contributed by atoms with Crippen LogP contribution in [0.25, 0.3) is 6.08 Å². The van der Waals surface area contributed by atoms with E-state index in [1.165, 1.54) is 24.1 Å². The summed E-state index contributed by atoms with van der Waals surface area (Å²) in [6.07, 6.45) is -1.36. The van der Waals surface area contributed by atoms with Crippen molar-refractivity contribution in [2.75, 3.05) is 32.2 Å². The van der Waals surface area contributed by atoms with Crippen LogP contribution in [0.3, 0.4) is 0 Å². The number of benzene rings is 3. The fourth-order valence-electron chi connectivity index (χ4n) is 6.07. The molecule has 0 radical (unpaired) electrons. The molecule has 2 amide bonds. The molecule has 1 saturated heterocycles. The standard InChI is InChI=1S/C38H47FN2O9/c1-40(22-32(44)36(47)37(48)33(45)23-42)34(46)7-5-3-4-6-24-8-10-25(11-9-24)31(43)21-20-30-35(26-12-18-29(50-2)19-13-26)41(38(30)49)28-16-14-27(39)15-17-28/h4,6,8-19,30-33,35-37,42-45,47-48H,3,5,7,20-23H2,1-2H3/b6-4+. The van der Waals surface area contributed by atoms with E-state index >= 15 is 0 Å². The predicted molar refractivity (Wildman–Crippen MR) is 185 cm³/mol. The summed E-state index contributed by atoms with van der Waals surface area (Å²) >= 11 is 0. The topological polar surface area (TPSA) is 171 Å². The van der Waals surface area contributed by atoms with E-state index in [1.54, 1.807) is 24.1 Å². The molecule has 6 N–H and O–H groups in total. The molecule has 3 aromatic carbocycles. The molecule has 0 aromatic heterocycles. The molecule has 0 bridgehead atoms. The number of allylic oxidation sites excluding steroid dienone is 1. The van der Waals surface area contributed by atoms with Gasteiger partial charge in [-0.3, -0.25) is 9.59 Å². The summed E-state index contributed by atoms with van der Waals surface area (Å²) in [5.41, 5.74) is 3.17. The normalized spacial score (nSPS) is 19.1. The molecule has 0 saturated carbocycles. The molecule has 1 aliphatic heterocycles. The summed E-state index contributed by atoms with van der Waals surface area (Å²) in [6.45, 7) is -1.03. The van der Waals surface area contributed by atoms with E-state index in [0.717, 1.165) is 16.7 Å². The fourth-order valence-corrected chi connectivity index (χ4v) is 6.07. The van der Waals surface area contributed by atoms with Crippen molar-refractivity contribution in [1.82, 2.24) is 4.90 Å². The van der Waals surface area contributed by atoms with Crippen molar-refractivity contribution in [3.05, 3.63) is 101 Å². The van der Waals surface area contributed by atoms with Crippen molar-refractivity contribution in [2.24, 2.45) is 5.92 Å². The van der Waals surface area contributed by atoms with Crippen LogP contribution in [0, 0.1) is 11.7 Å². The van der Waals surface area contributed by atoms with E-state index < -0.39 is 37.1 Å². The maximum Gasteiger partial charge on any atom is 0.233 e. The van der Waals surface area contributed by atoms with Crippen LogP contribution < -0.4 is 9.64 Å². The molecule has 7 atom stereocenters. The van der Waals surface area contributed by atoms with Gasteiger partial charge in [-0.05, 0) is 78.8 Å². The minimum Gasteiger partial charge on any atom is -0.497 e. The molecule has 50 heavy (non-hydrogen) atoms. The Labute approximate surface area is 291 Å². The summed E-state index contributed by atoms with van der Waals surface area (Å²) in [4.78, 5) is 28.7. The minimum absolute atomic E-state index is 0.0790. The number of nitrogens with zero attached hydrogens (tertiary/aromatic N) is 2. The van der Waals surface area contributed by atoms with Gasteiger partial charge < -0.3 is 45.2 Å². The Balaban J connectivity index is 1.25. The lowest BCUT2D eigenvalue weighted by molar-refractivity contribution is -0.138. The first-order valence-electron chi connectivity index (χ1n) is 16.7. The second-order valence-corrected chi connectivity index (χ2v) is 12.6. The Hall–Kier alpha value is -4.17. The summed E-state index contributed by atoms with van der Waals surface area (Å²) in [7, 11) is 3.05. The van der Waals surface area contributed by atoms with E-state index in [2.05, 4.69) is 0 Å². The highest BCUT2D eigenvalue weighted by atomic mass is 19.1. The Kier molecular flexibility index (Phi) is 14.0. The van der Waals surface area contributed by atoms with Crippen LogP contribution >= 0.6 is 0 Å². The molecule has 1 heterocycles. The molecule has 0 aliphatic carbocycles. The van der Waals surface area contributed by atoms with Gasteiger partial charge in [0.05, 0.1) is 31.8 Å². The van der Waals surface area contributed by atoms with Gasteiger partial charge in [0.25, 0.3) is 0 Å². The van der Waals surface area contributed by atoms with Gasteiger partial charge in [-0.15, -0.1) is 0 Å². The highest BCUT2D eigenvalue weighted by Crippen LogP contribution is 2.46. The average molecular weight is 695 g/mol. The van der Waals surface area contributed by atoms with Gasteiger partial charge >= 0.3 is 0 Å². The quantitative estimate of drug-likeness (QED) is 0.0865. The Morgan fingerprint density at radius 1 is 0.940 bits per heavy atom. The van der Waals surface area contributed by atoms with Gasteiger partial charge in [0, 0.05) is 25.7 Å². The number of amides is 2. The summed E-state index contributed by atoms with van der Waals surface area (Å²) in [5, 5.41) is 59.1. The summed E-state index contributed by atoms with van der Waals surface area (Å²) in [5.74, 6) is -0.377. The molecule has 4 rings (SSSR count). The molecular weight excluding hydrogens is 647 g/mol. The molecule has 7 unspecified atom stereocenters. The number of ether oxygens (including phenoxy) is 1. The fraction of sp³-hybridized carbons (Fsp3) is 0.421. The first-order valence-corrected chi connectivity index (χ1v) is 16.7. The number of hydrogen-bond acceptors (Lipinski definition) is 9. The SMILES string of the molecule is COc1ccc(C2C(CCC(O)c3ccc(/C=C/CCCC(=O)N(C)CC(O)C(O)C(O)C(O)CO)cc3)C(=O)N2c2ccc(F)cc2)cc1. The van der Waals surface area contributed by atoms with Crippen molar-refractivity contribution in [1.29, 1.82) is 0 Å². The van der Waals surface area contributed by atoms with E-state index in [1.807, 2.05) is 60.7 Å². The Morgan fingerprint density at radius 2 is 1.58 bits per heavy atom. The number of likely N-dealkylation sites (N-methyl/N-ethyl adjacent to an activating group) is 1. The number of aliphatic hydroxyl groups excluding tert-OH is 6. The highest BCUT2D eigenvalue weighted by Gasteiger charge is 2.48. The van der Waals surface area contributed by atoms with Crippen LogP contribution in [0.4, 0.5) is 10.1 Å². The average Bonchev–Trinajstić information content (AvgIpc) is 3.13. The number of halogens is 1. The lowest BCUT2D eigenvalue weighted by Gasteiger charge is -2.48. The number of β-lactam (4-membered cyclic amide) rings is 1. The third kappa shape index (κ3) is 9.75. The van der Waals surface area contributed by atoms with Gasteiger partial charge in [0.1, 0.15) is 36.0 Å². The molecular formula is C38H47FN2O9. The van der Waals surface area contributed by atoms with Crippen LogP contribution in [0.15, 0.2) is 78.9 Å². The zero-order valence-corrected chi connectivity index (χ0v) is 28.3. The largest absolute Gasteiger partial charge is 0.497 e. The summed E-state index contributed by atoms with van der Waals surface area (Å²) in [6, 6.07) is 20.5. The molecule has 0 spiro atoms. The monoisotopic (exact) mass is 694 g/mol. The van der Waals surface area contributed by atoms with Crippen LogP contribution in [0.1, 0.15) is 60.9 Å². The molecule has 270 valence electrons. The first-order chi connectivity index (χ1) is 23.9. The van der Waals surface area contributed by atoms with Gasteiger partial charge in [-0.25, -0.2) is 4.39 Å². The predicted octanol–water partition coefficient (Wildman–Crippen LogP) is 3.13. The van der Waals surface area contributed by atoms with Crippen molar-refractivity contribution < 1.29 is 49.4 Å². The van der Waals surface area contributed by atoms with Gasteiger partial charge in [0.15, 0.2) is 0 Å². The Bertz CT molecular complexity index is 1550. The van der Waals surface area contributed by atoms with Crippen LogP contribution in [0.2, 0.25) is 0 Å². The number of rotatable bonds is 18. The second kappa shape index (κ2) is 18.2. The lowest BCUT2D eigenvalue weighted by atomic mass is 9.78. The second-order valence-electron chi connectivity index (χ2n) is 12.6. The number of anilines is 1. The number of aliphatic hydroxyl groups is 6. The zero-order valence-electron chi connectivity index (χ0n) is 28.3. The van der Waals surface area contributed by atoms with Crippen molar-refractivity contribution in [2.45, 2.75) is 68.7 Å². The molecule has 1 fully saturated rings. The lowest BCUT2D eigenvalue weighted by Crippen LogP contribution is -2.55. The smallest absolute Gasteiger partial charge is 0.233 e. The Morgan fingerprint density at radius 3 is 2.20 bits per heavy atom. The van der Waals surface area contributed by atoms with E-state index in [4.69, 9.17) is 9.84 Å². The summed E-state index contributed by atoms with van der Waals surface area (Å²) < 4.78 is 18.9. The maximum absolute atomic E-state index is 13.6. The first kappa shape index (κ1) is 38.6. The van der Waals surface area contributed by atoms with Crippen LogP contribution in [-0.2, 0) is 9.59 Å². The zero-order chi connectivity index (χ0) is 36.4. The number of carbonyl (C=O) groups is 2. The molecule has 11 nitrogen and oxygen atoms in total. The molecule has 12 heteroatoms. The van der Waals surface area contributed by atoms with Crippen molar-refractivity contribution in [3.8, 4) is 5.75 Å². The number of carbonyl (C=O) groups excluding carboxylic acids is 2. The molecule has 1 aliphatic rings. The third-order valence-corrected chi connectivity index (χ3v) is 9.13. The number of methoxy groups -OCH3 is 1. The highest BCUT2D eigenvalue weighted by molar-refractivity contribution is 6.03. The minimum atomic E-state index is -1.75.